The van der Waals surface area contributed by atoms with Crippen molar-refractivity contribution < 1.29 is 9.90 Å². The lowest BCUT2D eigenvalue weighted by molar-refractivity contribution is -0.131. The lowest BCUT2D eigenvalue weighted by Crippen LogP contribution is -2.26. The highest BCUT2D eigenvalue weighted by molar-refractivity contribution is 5.94. The first-order valence-corrected chi connectivity index (χ1v) is 11.6. The van der Waals surface area contributed by atoms with Crippen LogP contribution in [0.5, 0.6) is 0 Å². The van der Waals surface area contributed by atoms with E-state index < -0.39 is 5.97 Å². The summed E-state index contributed by atoms with van der Waals surface area (Å²) in [4.78, 5) is 16.3. The minimum atomic E-state index is -0.974. The topological polar surface area (TPSA) is 43.8 Å². The van der Waals surface area contributed by atoms with Crippen molar-refractivity contribution in [2.45, 2.75) is 13.1 Å². The number of rotatable bonds is 7. The molecule has 35 heavy (non-hydrogen) atoms. The summed E-state index contributed by atoms with van der Waals surface area (Å²) in [6.45, 7) is 1.09. The minimum Gasteiger partial charge on any atom is -0.478 e. The Morgan fingerprint density at radius 2 is 0.914 bits per heavy atom. The van der Waals surface area contributed by atoms with Gasteiger partial charge in [-0.3, -0.25) is 0 Å². The number of benzene rings is 4. The molecule has 0 spiro atoms. The standard InChI is InChI=1S/C31H26N2O2/c34-29(35)21-28-32(22-24-13-5-1-6-14-24)30(26-17-9-3-10-18-26)31(27-19-11-4-12-20-27)33(28)23-25-15-7-2-8-16-25/h1-21H,22-23H2,(H,34,35). The third-order valence-corrected chi connectivity index (χ3v) is 6.03. The molecule has 0 atom stereocenters. The molecule has 1 aliphatic heterocycles. The molecule has 1 heterocycles. The van der Waals surface area contributed by atoms with Gasteiger partial charge >= 0.3 is 5.97 Å². The van der Waals surface area contributed by atoms with Gasteiger partial charge in [0.25, 0.3) is 0 Å². The highest BCUT2D eigenvalue weighted by Crippen LogP contribution is 2.45. The van der Waals surface area contributed by atoms with Crippen LogP contribution in [0, 0.1) is 0 Å². The molecule has 1 aliphatic rings. The molecule has 0 saturated carbocycles. The molecule has 0 aliphatic carbocycles. The molecule has 0 amide bonds. The highest BCUT2D eigenvalue weighted by Gasteiger charge is 2.36. The molecule has 0 fully saturated rings. The van der Waals surface area contributed by atoms with Gasteiger partial charge in [-0.2, -0.15) is 0 Å². The van der Waals surface area contributed by atoms with E-state index in [2.05, 4.69) is 58.3 Å². The van der Waals surface area contributed by atoms with E-state index in [9.17, 15) is 9.90 Å². The van der Waals surface area contributed by atoms with Gasteiger partial charge in [0, 0.05) is 24.2 Å². The first kappa shape index (κ1) is 22.2. The molecule has 1 N–H and O–H groups in total. The van der Waals surface area contributed by atoms with E-state index in [0.717, 1.165) is 33.6 Å². The zero-order valence-electron chi connectivity index (χ0n) is 19.3. The highest BCUT2D eigenvalue weighted by atomic mass is 16.4. The molecule has 0 radical (unpaired) electrons. The van der Waals surface area contributed by atoms with Crippen LogP contribution in [0.4, 0.5) is 0 Å². The summed E-state index contributed by atoms with van der Waals surface area (Å²) >= 11 is 0. The summed E-state index contributed by atoms with van der Waals surface area (Å²) in [6.07, 6.45) is 1.32. The van der Waals surface area contributed by atoms with E-state index in [1.807, 2.05) is 72.8 Å². The minimum absolute atomic E-state index is 0.547. The zero-order chi connectivity index (χ0) is 24.0. The average molecular weight is 459 g/mol. The molecule has 4 aromatic rings. The number of carboxylic acids is 1. The second kappa shape index (κ2) is 10.1. The van der Waals surface area contributed by atoms with Gasteiger partial charge < -0.3 is 14.9 Å². The Morgan fingerprint density at radius 1 is 0.571 bits per heavy atom. The molecular formula is C31H26N2O2. The van der Waals surface area contributed by atoms with Crippen LogP contribution >= 0.6 is 0 Å². The third kappa shape index (κ3) is 4.87. The van der Waals surface area contributed by atoms with Crippen LogP contribution in [0.1, 0.15) is 22.3 Å². The molecule has 0 saturated heterocycles. The van der Waals surface area contributed by atoms with Crippen molar-refractivity contribution in [1.82, 2.24) is 9.80 Å². The van der Waals surface area contributed by atoms with E-state index in [4.69, 9.17) is 0 Å². The molecule has 4 nitrogen and oxygen atoms in total. The maximum atomic E-state index is 12.1. The predicted octanol–water partition coefficient (Wildman–Crippen LogP) is 6.46. The Hall–Kier alpha value is -4.57. The van der Waals surface area contributed by atoms with Crippen LogP contribution in [0.2, 0.25) is 0 Å². The number of carbonyl (C=O) groups is 1. The van der Waals surface area contributed by atoms with Crippen molar-refractivity contribution in [3.63, 3.8) is 0 Å². The molecule has 0 aromatic heterocycles. The Labute approximate surface area is 205 Å². The van der Waals surface area contributed by atoms with E-state index >= 15 is 0 Å². The van der Waals surface area contributed by atoms with Crippen LogP contribution < -0.4 is 0 Å². The fourth-order valence-corrected chi connectivity index (χ4v) is 4.53. The summed E-state index contributed by atoms with van der Waals surface area (Å²) in [5.74, 6) is -0.333. The molecule has 4 aromatic carbocycles. The van der Waals surface area contributed by atoms with Gasteiger partial charge in [0.05, 0.1) is 17.5 Å². The summed E-state index contributed by atoms with van der Waals surface area (Å²) in [5, 5.41) is 9.91. The van der Waals surface area contributed by atoms with E-state index in [1.165, 1.54) is 6.08 Å². The number of nitrogens with zero attached hydrogens (tertiary/aromatic N) is 2. The van der Waals surface area contributed by atoms with Crippen molar-refractivity contribution in [3.8, 4) is 0 Å². The van der Waals surface area contributed by atoms with Crippen LogP contribution in [0.15, 0.2) is 133 Å². The monoisotopic (exact) mass is 458 g/mol. The van der Waals surface area contributed by atoms with Gasteiger partial charge in [-0.1, -0.05) is 121 Å². The smallest absolute Gasteiger partial charge is 0.331 e. The van der Waals surface area contributed by atoms with Crippen molar-refractivity contribution in [2.24, 2.45) is 0 Å². The number of hydrogen-bond donors (Lipinski definition) is 1. The van der Waals surface area contributed by atoms with E-state index in [-0.39, 0.29) is 0 Å². The molecule has 4 heteroatoms. The molecule has 5 rings (SSSR count). The van der Waals surface area contributed by atoms with Gasteiger partial charge in [-0.05, 0) is 11.1 Å². The van der Waals surface area contributed by atoms with Gasteiger partial charge in [0.15, 0.2) is 0 Å². The third-order valence-electron chi connectivity index (χ3n) is 6.03. The SMILES string of the molecule is O=C(O)C=C1N(Cc2ccccc2)C(c2ccccc2)=C(c2ccccc2)N1Cc1ccccc1. The first-order chi connectivity index (χ1) is 17.2. The molecule has 0 unspecified atom stereocenters. The van der Waals surface area contributed by atoms with E-state index in [1.54, 1.807) is 0 Å². The fourth-order valence-electron chi connectivity index (χ4n) is 4.53. The summed E-state index contributed by atoms with van der Waals surface area (Å²) in [7, 11) is 0. The van der Waals surface area contributed by atoms with Crippen LogP contribution in [0.3, 0.4) is 0 Å². The predicted molar refractivity (Wildman–Crippen MR) is 139 cm³/mol. The van der Waals surface area contributed by atoms with Crippen molar-refractivity contribution in [1.29, 1.82) is 0 Å². The Morgan fingerprint density at radius 3 is 1.26 bits per heavy atom. The van der Waals surface area contributed by atoms with Gasteiger partial charge in [0.1, 0.15) is 5.82 Å². The fraction of sp³-hybridized carbons (Fsp3) is 0.0645. The number of aliphatic carboxylic acids is 1. The number of hydrogen-bond acceptors (Lipinski definition) is 3. The zero-order valence-corrected chi connectivity index (χ0v) is 19.3. The summed E-state index contributed by atoms with van der Waals surface area (Å²) < 4.78 is 0. The first-order valence-electron chi connectivity index (χ1n) is 11.6. The Kier molecular flexibility index (Phi) is 6.44. The van der Waals surface area contributed by atoms with Crippen LogP contribution in [-0.2, 0) is 17.9 Å². The van der Waals surface area contributed by atoms with Crippen LogP contribution in [-0.4, -0.2) is 20.9 Å². The van der Waals surface area contributed by atoms with Crippen LogP contribution in [0.25, 0.3) is 11.4 Å². The summed E-state index contributed by atoms with van der Waals surface area (Å²) in [6, 6.07) is 40.7. The molecule has 0 bridgehead atoms. The van der Waals surface area contributed by atoms with E-state index in [0.29, 0.717) is 18.9 Å². The Balaban J connectivity index is 1.76. The maximum Gasteiger partial charge on any atom is 0.331 e. The average Bonchev–Trinajstić information content (AvgIpc) is 3.18. The van der Waals surface area contributed by atoms with Gasteiger partial charge in [0.2, 0.25) is 0 Å². The normalized spacial score (nSPS) is 13.3. The lowest BCUT2D eigenvalue weighted by atomic mass is 10.0. The molecular weight excluding hydrogens is 432 g/mol. The van der Waals surface area contributed by atoms with Crippen molar-refractivity contribution >= 4 is 17.4 Å². The summed E-state index contributed by atoms with van der Waals surface area (Å²) in [5.41, 5.74) is 6.26. The quantitative estimate of drug-likeness (QED) is 0.323. The maximum absolute atomic E-state index is 12.1. The largest absolute Gasteiger partial charge is 0.478 e. The van der Waals surface area contributed by atoms with Gasteiger partial charge in [-0.25, -0.2) is 4.79 Å². The van der Waals surface area contributed by atoms with Crippen molar-refractivity contribution in [3.05, 3.63) is 155 Å². The van der Waals surface area contributed by atoms with Crippen molar-refractivity contribution in [2.75, 3.05) is 0 Å². The second-order valence-corrected chi connectivity index (χ2v) is 8.41. The molecule has 172 valence electrons. The second-order valence-electron chi connectivity index (χ2n) is 8.41. The lowest BCUT2D eigenvalue weighted by Gasteiger charge is -2.28. The Bertz CT molecular complexity index is 1250. The number of carboxylic acid groups (broad SMARTS) is 1. The van der Waals surface area contributed by atoms with Gasteiger partial charge in [-0.15, -0.1) is 0 Å².